The summed E-state index contributed by atoms with van der Waals surface area (Å²) in [6.07, 6.45) is 5.17. The lowest BCUT2D eigenvalue weighted by Crippen LogP contribution is -2.47. The fourth-order valence-electron chi connectivity index (χ4n) is 9.23. The molecule has 2 aromatic carbocycles. The van der Waals surface area contributed by atoms with E-state index in [0.717, 1.165) is 30.7 Å². The summed E-state index contributed by atoms with van der Waals surface area (Å²) in [5, 5.41) is 10.4. The number of hydrogen-bond acceptors (Lipinski definition) is 7. The summed E-state index contributed by atoms with van der Waals surface area (Å²) in [6.45, 7) is 13.4. The van der Waals surface area contributed by atoms with Crippen molar-refractivity contribution in [3.8, 4) is 17.2 Å². The van der Waals surface area contributed by atoms with Crippen LogP contribution in [0.2, 0.25) is 5.02 Å². The van der Waals surface area contributed by atoms with Gasteiger partial charge in [0.15, 0.2) is 5.82 Å². The third-order valence-electron chi connectivity index (χ3n) is 12.0. The summed E-state index contributed by atoms with van der Waals surface area (Å²) in [6, 6.07) is 5.26. The van der Waals surface area contributed by atoms with Gasteiger partial charge in [-0.25, -0.2) is 26.9 Å². The third kappa shape index (κ3) is 5.61. The minimum atomic E-state index is -2.67. The van der Waals surface area contributed by atoms with Crippen LogP contribution in [0, 0.1) is 34.8 Å². The maximum absolute atomic E-state index is 16.8. The molecule has 6 nitrogen and oxygen atoms in total. The van der Waals surface area contributed by atoms with Crippen molar-refractivity contribution >= 4 is 55.1 Å². The number of anilines is 2. The SMILES string of the molecule is C=C(C1CC1(F)F)N1CCC(C2CCc3c(Cl)c(-c4ccc(F)c5sc(N)c(C#N)c45)c(F)c4c3N2C(=C)C(CC)=N4)C1.FC1CC2CCCN2C1. The van der Waals surface area contributed by atoms with E-state index in [1.165, 1.54) is 25.0 Å². The number of allylic oxidation sites excluding steroid dienone is 2. The van der Waals surface area contributed by atoms with E-state index in [1.807, 2.05) is 17.9 Å². The number of nitrogen functional groups attached to an aromatic ring is 1. The van der Waals surface area contributed by atoms with E-state index in [4.69, 9.17) is 22.3 Å². The first-order valence-corrected chi connectivity index (χ1v) is 19.2. The van der Waals surface area contributed by atoms with E-state index >= 15 is 4.39 Å². The number of nitrogens with zero attached hydrogens (tertiary/aromatic N) is 5. The summed E-state index contributed by atoms with van der Waals surface area (Å²) >= 11 is 7.99. The van der Waals surface area contributed by atoms with Crippen molar-refractivity contribution in [2.75, 3.05) is 36.8 Å². The first-order valence-electron chi connectivity index (χ1n) is 18.0. The Morgan fingerprint density at radius 1 is 1.19 bits per heavy atom. The Labute approximate surface area is 309 Å². The third-order valence-corrected chi connectivity index (χ3v) is 13.4. The molecule has 52 heavy (non-hydrogen) atoms. The van der Waals surface area contributed by atoms with Crippen LogP contribution in [0.5, 0.6) is 0 Å². The smallest absolute Gasteiger partial charge is 0.257 e. The van der Waals surface area contributed by atoms with Crippen molar-refractivity contribution in [3.05, 3.63) is 64.5 Å². The molecule has 3 saturated heterocycles. The van der Waals surface area contributed by atoms with E-state index < -0.39 is 29.6 Å². The molecule has 13 heteroatoms. The van der Waals surface area contributed by atoms with Crippen molar-refractivity contribution in [1.29, 1.82) is 5.26 Å². The summed E-state index contributed by atoms with van der Waals surface area (Å²) in [7, 11) is 0. The van der Waals surface area contributed by atoms with E-state index in [0.29, 0.717) is 73.3 Å². The molecule has 5 unspecified atom stereocenters. The molecule has 3 aromatic rings. The van der Waals surface area contributed by atoms with Crippen LogP contribution in [0.1, 0.15) is 63.0 Å². The van der Waals surface area contributed by atoms with Crippen LogP contribution in [-0.2, 0) is 6.42 Å². The first-order chi connectivity index (χ1) is 24.8. The lowest BCUT2D eigenvalue weighted by atomic mass is 9.83. The fraction of sp³-hybridized carbons (Fsp3) is 0.487. The van der Waals surface area contributed by atoms with Crippen molar-refractivity contribution in [2.45, 2.75) is 82.5 Å². The molecule has 2 N–H and O–H groups in total. The Morgan fingerprint density at radius 2 is 1.96 bits per heavy atom. The lowest BCUT2D eigenvalue weighted by Gasteiger charge is -2.46. The summed E-state index contributed by atoms with van der Waals surface area (Å²) < 4.78 is 72.0. The van der Waals surface area contributed by atoms with Gasteiger partial charge in [-0.1, -0.05) is 37.7 Å². The Kier molecular flexibility index (Phi) is 8.86. The molecular formula is C39H40ClF5N6S. The van der Waals surface area contributed by atoms with Gasteiger partial charge in [-0.05, 0) is 74.6 Å². The molecule has 9 rings (SSSR count). The number of nitrogens with two attached hydrogens (primary N) is 1. The van der Waals surface area contributed by atoms with E-state index in [-0.39, 0.29) is 60.9 Å². The van der Waals surface area contributed by atoms with E-state index in [2.05, 4.69) is 23.0 Å². The average Bonchev–Trinajstić information content (AvgIpc) is 3.66. The van der Waals surface area contributed by atoms with Crippen molar-refractivity contribution in [3.63, 3.8) is 0 Å². The second-order valence-corrected chi connectivity index (χ2v) is 16.3. The van der Waals surface area contributed by atoms with Crippen LogP contribution in [0.25, 0.3) is 21.2 Å². The number of fused-ring (bicyclic) bond motifs is 2. The maximum atomic E-state index is 16.8. The fourth-order valence-corrected chi connectivity index (χ4v) is 10.5. The molecule has 5 aliphatic heterocycles. The second kappa shape index (κ2) is 13.0. The van der Waals surface area contributed by atoms with Gasteiger partial charge >= 0.3 is 0 Å². The number of benzene rings is 2. The molecule has 6 aliphatic rings. The number of thiophene rings is 1. The molecule has 1 saturated carbocycles. The monoisotopic (exact) mass is 754 g/mol. The molecule has 1 aliphatic carbocycles. The zero-order valence-corrected chi connectivity index (χ0v) is 30.5. The van der Waals surface area contributed by atoms with Gasteiger partial charge in [0, 0.05) is 54.8 Å². The highest BCUT2D eigenvalue weighted by Crippen LogP contribution is 2.56. The van der Waals surface area contributed by atoms with Crippen LogP contribution in [0.15, 0.2) is 41.7 Å². The Hall–Kier alpha value is -3.66. The molecule has 0 bridgehead atoms. The zero-order chi connectivity index (χ0) is 36.8. The number of alkyl halides is 3. The highest BCUT2D eigenvalue weighted by molar-refractivity contribution is 7.23. The minimum absolute atomic E-state index is 0.0611. The van der Waals surface area contributed by atoms with E-state index in [9.17, 15) is 22.8 Å². The van der Waals surface area contributed by atoms with Crippen molar-refractivity contribution < 1.29 is 22.0 Å². The van der Waals surface area contributed by atoms with Gasteiger partial charge in [-0.15, -0.1) is 11.3 Å². The van der Waals surface area contributed by atoms with Crippen LogP contribution in [0.3, 0.4) is 0 Å². The predicted octanol–water partition coefficient (Wildman–Crippen LogP) is 9.77. The molecule has 0 radical (unpaired) electrons. The largest absolute Gasteiger partial charge is 0.389 e. The number of hydrogen-bond donors (Lipinski definition) is 1. The molecule has 0 amide bonds. The van der Waals surface area contributed by atoms with Crippen LogP contribution < -0.4 is 10.6 Å². The molecule has 6 heterocycles. The van der Waals surface area contributed by atoms with Crippen LogP contribution in [-0.4, -0.2) is 65.9 Å². The lowest BCUT2D eigenvalue weighted by molar-refractivity contribution is 0.0998. The van der Waals surface area contributed by atoms with Crippen molar-refractivity contribution in [2.24, 2.45) is 16.8 Å². The number of nitriles is 1. The van der Waals surface area contributed by atoms with Gasteiger partial charge in [0.25, 0.3) is 5.92 Å². The van der Waals surface area contributed by atoms with Gasteiger partial charge < -0.3 is 15.5 Å². The molecule has 0 spiro atoms. The predicted molar refractivity (Wildman–Crippen MR) is 198 cm³/mol. The second-order valence-electron chi connectivity index (χ2n) is 14.9. The first kappa shape index (κ1) is 35.4. The Bertz CT molecular complexity index is 2080. The summed E-state index contributed by atoms with van der Waals surface area (Å²) in [5.74, 6) is -4.57. The van der Waals surface area contributed by atoms with Crippen LogP contribution >= 0.6 is 22.9 Å². The number of halogens is 6. The topological polar surface area (TPSA) is 71.9 Å². The maximum Gasteiger partial charge on any atom is 0.257 e. The molecule has 274 valence electrons. The standard InChI is InChI=1S/C32H28ClF4N5S.C7H12FN/c1-4-22-15(3)42-23(16-9-10-41(13-16)14(2)20-11-32(20,36)37)8-6-18-26(33)25(27(35)28(40-22)29(18)42)17-5-7-21(34)30-24(17)19(12-38)31(39)43-30;8-6-4-7-2-1-3-9(7)5-6/h5,7,16,20,23H,2-4,6,8-11,13,39H2,1H3;6-7H,1-5H2. The van der Waals surface area contributed by atoms with E-state index in [1.54, 1.807) is 0 Å². The van der Waals surface area contributed by atoms with Crippen molar-refractivity contribution in [1.82, 2.24) is 9.80 Å². The van der Waals surface area contributed by atoms with Gasteiger partial charge in [-0.3, -0.25) is 4.90 Å². The average molecular weight is 755 g/mol. The Balaban J connectivity index is 0.000000372. The van der Waals surface area contributed by atoms with Gasteiger partial charge in [-0.2, -0.15) is 5.26 Å². The normalized spacial score (nSPS) is 27.2. The molecule has 5 atom stereocenters. The van der Waals surface area contributed by atoms with Crippen LogP contribution in [0.4, 0.5) is 38.3 Å². The molecule has 1 aromatic heterocycles. The number of likely N-dealkylation sites (tertiary alicyclic amines) is 1. The van der Waals surface area contributed by atoms with Gasteiger partial charge in [0.05, 0.1) is 38.3 Å². The number of aliphatic imine (C=N–C) groups is 1. The quantitative estimate of drug-likeness (QED) is 0.263. The minimum Gasteiger partial charge on any atom is -0.389 e. The zero-order valence-electron chi connectivity index (χ0n) is 28.9. The highest BCUT2D eigenvalue weighted by atomic mass is 35.5. The van der Waals surface area contributed by atoms with Gasteiger partial charge in [0.1, 0.15) is 28.7 Å². The summed E-state index contributed by atoms with van der Waals surface area (Å²) in [5.41, 5.74) is 9.71. The van der Waals surface area contributed by atoms with Gasteiger partial charge in [0.2, 0.25) is 0 Å². The Morgan fingerprint density at radius 3 is 2.65 bits per heavy atom. The number of rotatable bonds is 5. The highest BCUT2D eigenvalue weighted by Gasteiger charge is 2.59. The molecule has 4 fully saturated rings. The molecular weight excluding hydrogens is 715 g/mol. The summed E-state index contributed by atoms with van der Waals surface area (Å²) in [4.78, 5) is 11.1.